The van der Waals surface area contributed by atoms with E-state index in [0.29, 0.717) is 17.0 Å². The Morgan fingerprint density at radius 3 is 2.72 bits per heavy atom. The predicted molar refractivity (Wildman–Crippen MR) is 92.0 cm³/mol. The molecule has 0 saturated heterocycles. The second kappa shape index (κ2) is 7.02. The molecule has 25 heavy (non-hydrogen) atoms. The van der Waals surface area contributed by atoms with E-state index in [2.05, 4.69) is 10.3 Å². The van der Waals surface area contributed by atoms with Crippen LogP contribution in [0.1, 0.15) is 0 Å². The molecule has 0 aliphatic rings. The third-order valence-electron chi connectivity index (χ3n) is 3.51. The van der Waals surface area contributed by atoms with Gasteiger partial charge in [0.1, 0.15) is 11.6 Å². The molecule has 3 rings (SSSR count). The molecule has 1 heterocycles. The van der Waals surface area contributed by atoms with E-state index in [1.807, 2.05) is 0 Å². The highest BCUT2D eigenvalue weighted by atomic mass is 32.2. The molecule has 0 unspecified atom stereocenters. The number of fused-ring (bicyclic) bond motifs is 1. The average molecular weight is 361 g/mol. The first kappa shape index (κ1) is 17.1. The van der Waals surface area contributed by atoms with Gasteiger partial charge >= 0.3 is 0 Å². The van der Waals surface area contributed by atoms with Gasteiger partial charge in [0.2, 0.25) is 5.91 Å². The minimum atomic E-state index is -0.888. The monoisotopic (exact) mass is 361 g/mol. The number of thioether (sulfide) groups is 1. The SMILES string of the molecule is CNC(=O)CSc1nc2ccccc2c(=O)n1-c1ccc(F)cc1F. The second-order valence-electron chi connectivity index (χ2n) is 5.11. The van der Waals surface area contributed by atoms with Crippen LogP contribution in [0.2, 0.25) is 0 Å². The van der Waals surface area contributed by atoms with E-state index in [0.717, 1.165) is 22.4 Å². The maximum Gasteiger partial charge on any atom is 0.266 e. The van der Waals surface area contributed by atoms with E-state index >= 15 is 0 Å². The molecular weight excluding hydrogens is 348 g/mol. The number of hydrogen-bond donors (Lipinski definition) is 1. The van der Waals surface area contributed by atoms with Crippen LogP contribution in [-0.2, 0) is 4.79 Å². The lowest BCUT2D eigenvalue weighted by Gasteiger charge is -2.13. The van der Waals surface area contributed by atoms with Crippen LogP contribution in [0.25, 0.3) is 16.6 Å². The number of carbonyl (C=O) groups excluding carboxylic acids is 1. The molecule has 0 spiro atoms. The molecule has 128 valence electrons. The van der Waals surface area contributed by atoms with Gasteiger partial charge in [-0.2, -0.15) is 0 Å². The summed E-state index contributed by atoms with van der Waals surface area (Å²) in [6, 6.07) is 9.57. The quantitative estimate of drug-likeness (QED) is 0.573. The van der Waals surface area contributed by atoms with Crippen LogP contribution >= 0.6 is 11.8 Å². The van der Waals surface area contributed by atoms with Gasteiger partial charge < -0.3 is 5.32 Å². The summed E-state index contributed by atoms with van der Waals surface area (Å²) in [5.41, 5.74) is -0.176. The smallest absolute Gasteiger partial charge is 0.266 e. The number of amides is 1. The summed E-state index contributed by atoms with van der Waals surface area (Å²) in [5, 5.41) is 2.92. The van der Waals surface area contributed by atoms with Crippen molar-refractivity contribution in [1.82, 2.24) is 14.9 Å². The molecule has 1 N–H and O–H groups in total. The summed E-state index contributed by atoms with van der Waals surface area (Å²) in [4.78, 5) is 28.7. The molecule has 5 nitrogen and oxygen atoms in total. The van der Waals surface area contributed by atoms with E-state index in [4.69, 9.17) is 0 Å². The molecule has 1 aromatic heterocycles. The van der Waals surface area contributed by atoms with Gasteiger partial charge in [0.05, 0.1) is 22.3 Å². The molecule has 0 atom stereocenters. The summed E-state index contributed by atoms with van der Waals surface area (Å²) in [6.07, 6.45) is 0. The third-order valence-corrected chi connectivity index (χ3v) is 4.45. The fraction of sp³-hybridized carbons (Fsp3) is 0.118. The second-order valence-corrected chi connectivity index (χ2v) is 6.05. The number of rotatable bonds is 4. The van der Waals surface area contributed by atoms with E-state index < -0.39 is 17.2 Å². The number of halogens is 2. The molecule has 3 aromatic rings. The fourth-order valence-electron chi connectivity index (χ4n) is 2.29. The van der Waals surface area contributed by atoms with Gasteiger partial charge in [-0.25, -0.2) is 13.8 Å². The highest BCUT2D eigenvalue weighted by Crippen LogP contribution is 2.23. The summed E-state index contributed by atoms with van der Waals surface area (Å²) in [5.74, 6) is -1.90. The number of nitrogens with one attached hydrogen (secondary N) is 1. The van der Waals surface area contributed by atoms with Crippen molar-refractivity contribution in [2.75, 3.05) is 12.8 Å². The normalized spacial score (nSPS) is 10.8. The molecule has 0 bridgehead atoms. The Morgan fingerprint density at radius 2 is 2.00 bits per heavy atom. The standard InChI is InChI=1S/C17H13F2N3O2S/c1-20-15(23)9-25-17-21-13-5-3-2-4-11(13)16(24)22(17)14-7-6-10(18)8-12(14)19/h2-8H,9H2,1H3,(H,20,23). The highest BCUT2D eigenvalue weighted by Gasteiger charge is 2.17. The Morgan fingerprint density at radius 1 is 1.24 bits per heavy atom. The predicted octanol–water partition coefficient (Wildman–Crippen LogP) is 2.50. The van der Waals surface area contributed by atoms with Crippen LogP contribution in [0.15, 0.2) is 52.4 Å². The van der Waals surface area contributed by atoms with Crippen molar-refractivity contribution in [2.24, 2.45) is 0 Å². The van der Waals surface area contributed by atoms with Gasteiger partial charge in [0.25, 0.3) is 5.56 Å². The van der Waals surface area contributed by atoms with Crippen LogP contribution in [0.5, 0.6) is 0 Å². The van der Waals surface area contributed by atoms with Crippen molar-refractivity contribution in [2.45, 2.75) is 5.16 Å². The van der Waals surface area contributed by atoms with Crippen molar-refractivity contribution < 1.29 is 13.6 Å². The molecular formula is C17H13F2N3O2S. The Bertz CT molecular complexity index is 1020. The molecule has 8 heteroatoms. The van der Waals surface area contributed by atoms with E-state index in [9.17, 15) is 18.4 Å². The first-order valence-corrected chi connectivity index (χ1v) is 8.30. The molecule has 0 radical (unpaired) electrons. The lowest BCUT2D eigenvalue weighted by Crippen LogP contribution is -2.24. The molecule has 0 saturated carbocycles. The van der Waals surface area contributed by atoms with Gasteiger partial charge in [-0.1, -0.05) is 23.9 Å². The number of para-hydroxylation sites is 1. The van der Waals surface area contributed by atoms with Crippen molar-refractivity contribution in [3.05, 3.63) is 64.5 Å². The van der Waals surface area contributed by atoms with E-state index in [1.54, 1.807) is 24.3 Å². The number of carbonyl (C=O) groups is 1. The van der Waals surface area contributed by atoms with Crippen molar-refractivity contribution >= 4 is 28.6 Å². The Labute approximate surface area is 145 Å². The fourth-order valence-corrected chi connectivity index (χ4v) is 3.16. The molecule has 0 aliphatic heterocycles. The number of nitrogens with zero attached hydrogens (tertiary/aromatic N) is 2. The zero-order chi connectivity index (χ0) is 18.0. The summed E-state index contributed by atoms with van der Waals surface area (Å²) in [6.45, 7) is 0. The maximum atomic E-state index is 14.2. The first-order valence-electron chi connectivity index (χ1n) is 7.32. The number of benzene rings is 2. The minimum absolute atomic E-state index is 0.00406. The van der Waals surface area contributed by atoms with Crippen LogP contribution in [0.3, 0.4) is 0 Å². The minimum Gasteiger partial charge on any atom is -0.358 e. The topological polar surface area (TPSA) is 64.0 Å². The van der Waals surface area contributed by atoms with E-state index in [1.165, 1.54) is 13.1 Å². The zero-order valence-electron chi connectivity index (χ0n) is 13.1. The van der Waals surface area contributed by atoms with Crippen molar-refractivity contribution in [3.8, 4) is 5.69 Å². The lowest BCUT2D eigenvalue weighted by molar-refractivity contribution is -0.118. The summed E-state index contributed by atoms with van der Waals surface area (Å²) < 4.78 is 28.5. The first-order chi connectivity index (χ1) is 12.0. The van der Waals surface area contributed by atoms with Crippen molar-refractivity contribution in [3.63, 3.8) is 0 Å². The van der Waals surface area contributed by atoms with Gasteiger partial charge in [0, 0.05) is 13.1 Å². The number of aromatic nitrogens is 2. The Kier molecular flexibility index (Phi) is 4.80. The summed E-state index contributed by atoms with van der Waals surface area (Å²) in [7, 11) is 1.49. The van der Waals surface area contributed by atoms with Gasteiger partial charge in [-0.05, 0) is 24.3 Å². The summed E-state index contributed by atoms with van der Waals surface area (Å²) >= 11 is 0.996. The largest absolute Gasteiger partial charge is 0.358 e. The Balaban J connectivity index is 2.24. The Hall–Kier alpha value is -2.74. The van der Waals surface area contributed by atoms with Crippen LogP contribution < -0.4 is 10.9 Å². The highest BCUT2D eigenvalue weighted by molar-refractivity contribution is 7.99. The molecule has 0 fully saturated rings. The molecule has 1 amide bonds. The lowest BCUT2D eigenvalue weighted by atomic mass is 10.2. The zero-order valence-corrected chi connectivity index (χ0v) is 13.9. The van der Waals surface area contributed by atoms with Crippen molar-refractivity contribution in [1.29, 1.82) is 0 Å². The molecule has 0 aliphatic carbocycles. The van der Waals surface area contributed by atoms with Gasteiger partial charge in [0.15, 0.2) is 5.16 Å². The van der Waals surface area contributed by atoms with E-state index in [-0.39, 0.29) is 22.5 Å². The van der Waals surface area contributed by atoms with Crippen LogP contribution in [-0.4, -0.2) is 28.3 Å². The number of hydrogen-bond acceptors (Lipinski definition) is 4. The van der Waals surface area contributed by atoms with Crippen LogP contribution in [0.4, 0.5) is 8.78 Å². The van der Waals surface area contributed by atoms with Crippen LogP contribution in [0, 0.1) is 11.6 Å². The third kappa shape index (κ3) is 3.39. The molecule has 2 aromatic carbocycles. The van der Waals surface area contributed by atoms with Gasteiger partial charge in [-0.15, -0.1) is 0 Å². The van der Waals surface area contributed by atoms with Gasteiger partial charge in [-0.3, -0.25) is 14.2 Å². The average Bonchev–Trinajstić information content (AvgIpc) is 2.61. The maximum absolute atomic E-state index is 14.2.